The Bertz CT molecular complexity index is 358. The predicted molar refractivity (Wildman–Crippen MR) is 53.3 cm³/mol. The van der Waals surface area contributed by atoms with Crippen LogP contribution in [0.15, 0.2) is 12.4 Å². The first-order valence-electron chi connectivity index (χ1n) is 4.20. The van der Waals surface area contributed by atoms with Crippen LogP contribution in [0.5, 0.6) is 0 Å². The molecule has 1 heterocycles. The summed E-state index contributed by atoms with van der Waals surface area (Å²) in [6, 6.07) is -0.265. The van der Waals surface area contributed by atoms with Crippen molar-refractivity contribution in [2.45, 2.75) is 25.6 Å². The molecule has 3 nitrogen and oxygen atoms in total. The summed E-state index contributed by atoms with van der Waals surface area (Å²) in [5.41, 5.74) is 4.53. The van der Waals surface area contributed by atoms with Crippen molar-refractivity contribution in [3.05, 3.63) is 18.0 Å². The molecule has 0 fully saturated rings. The third-order valence-corrected chi connectivity index (χ3v) is 2.04. The van der Waals surface area contributed by atoms with E-state index in [-0.39, 0.29) is 11.0 Å². The highest BCUT2D eigenvalue weighted by Gasteiger charge is 2.32. The quantitative estimate of drug-likeness (QED) is 0.819. The molecular formula is C8H10F3N3S. The fourth-order valence-corrected chi connectivity index (χ4v) is 1.35. The standard InChI is InChI=1S/C8H10F3N3S/c1-5(2-7(12)15)14-4-6(3-13-14)8(9,10)11/h3-5H,2H2,1H3,(H2,12,15). The van der Waals surface area contributed by atoms with Crippen molar-refractivity contribution in [2.75, 3.05) is 0 Å². The molecule has 0 amide bonds. The van der Waals surface area contributed by atoms with Gasteiger partial charge in [0.1, 0.15) is 0 Å². The molecule has 0 saturated carbocycles. The van der Waals surface area contributed by atoms with Crippen molar-refractivity contribution in [3.63, 3.8) is 0 Å². The molecule has 1 unspecified atom stereocenters. The maximum absolute atomic E-state index is 12.2. The zero-order chi connectivity index (χ0) is 11.6. The van der Waals surface area contributed by atoms with Gasteiger partial charge < -0.3 is 5.73 Å². The summed E-state index contributed by atoms with van der Waals surface area (Å²) >= 11 is 4.67. The number of aromatic nitrogens is 2. The van der Waals surface area contributed by atoms with Crippen molar-refractivity contribution >= 4 is 17.2 Å². The predicted octanol–water partition coefficient (Wildman–Crippen LogP) is 2.14. The van der Waals surface area contributed by atoms with Crippen LogP contribution in [0.1, 0.15) is 24.9 Å². The zero-order valence-electron chi connectivity index (χ0n) is 7.95. The first-order valence-corrected chi connectivity index (χ1v) is 4.61. The summed E-state index contributed by atoms with van der Waals surface area (Å²) in [6.07, 6.45) is -2.30. The van der Waals surface area contributed by atoms with E-state index in [1.165, 1.54) is 4.68 Å². The summed E-state index contributed by atoms with van der Waals surface area (Å²) in [5, 5.41) is 3.62. The normalized spacial score (nSPS) is 13.9. The molecule has 0 saturated heterocycles. The number of nitrogens with zero attached hydrogens (tertiary/aromatic N) is 2. The van der Waals surface area contributed by atoms with E-state index in [4.69, 9.17) is 5.73 Å². The summed E-state index contributed by atoms with van der Waals surface area (Å²) < 4.78 is 37.9. The second-order valence-corrected chi connectivity index (χ2v) is 3.75. The minimum absolute atomic E-state index is 0.256. The van der Waals surface area contributed by atoms with Crippen LogP contribution in [-0.2, 0) is 6.18 Å². The molecular weight excluding hydrogens is 227 g/mol. The Morgan fingerprint density at radius 2 is 2.27 bits per heavy atom. The van der Waals surface area contributed by atoms with Gasteiger partial charge in [-0.1, -0.05) is 12.2 Å². The van der Waals surface area contributed by atoms with E-state index >= 15 is 0 Å². The number of thiocarbonyl (C=S) groups is 1. The van der Waals surface area contributed by atoms with Gasteiger partial charge in [0.2, 0.25) is 0 Å². The molecule has 2 N–H and O–H groups in total. The van der Waals surface area contributed by atoms with E-state index in [1.54, 1.807) is 6.92 Å². The zero-order valence-corrected chi connectivity index (χ0v) is 8.77. The molecule has 1 aromatic heterocycles. The molecule has 1 rings (SSSR count). The second-order valence-electron chi connectivity index (χ2n) is 3.23. The van der Waals surface area contributed by atoms with Crippen molar-refractivity contribution in [2.24, 2.45) is 5.73 Å². The van der Waals surface area contributed by atoms with Gasteiger partial charge in [0, 0.05) is 12.6 Å². The number of alkyl halides is 3. The Morgan fingerprint density at radius 3 is 2.67 bits per heavy atom. The summed E-state index contributed by atoms with van der Waals surface area (Å²) in [5.74, 6) is 0. The topological polar surface area (TPSA) is 43.8 Å². The molecule has 7 heteroatoms. The molecule has 0 bridgehead atoms. The number of rotatable bonds is 3. The van der Waals surface area contributed by atoms with E-state index in [2.05, 4.69) is 17.3 Å². The third-order valence-electron chi connectivity index (χ3n) is 1.88. The maximum Gasteiger partial charge on any atom is 0.419 e. The molecule has 15 heavy (non-hydrogen) atoms. The van der Waals surface area contributed by atoms with Crippen LogP contribution in [0.4, 0.5) is 13.2 Å². The van der Waals surface area contributed by atoms with E-state index in [0.717, 1.165) is 12.4 Å². The van der Waals surface area contributed by atoms with Gasteiger partial charge in [0.15, 0.2) is 0 Å². The molecule has 1 aromatic rings. The molecule has 0 spiro atoms. The van der Waals surface area contributed by atoms with E-state index in [1.807, 2.05) is 0 Å². The second kappa shape index (κ2) is 4.18. The summed E-state index contributed by atoms with van der Waals surface area (Å²) in [6.45, 7) is 1.70. The third kappa shape index (κ3) is 3.19. The Morgan fingerprint density at radius 1 is 1.67 bits per heavy atom. The SMILES string of the molecule is CC(CC(N)=S)n1cc(C(F)(F)F)cn1. The molecule has 0 aromatic carbocycles. The number of nitrogens with two attached hydrogens (primary N) is 1. The molecule has 0 radical (unpaired) electrons. The van der Waals surface area contributed by atoms with Gasteiger partial charge in [0.05, 0.1) is 22.8 Å². The van der Waals surface area contributed by atoms with Crippen molar-refractivity contribution in [3.8, 4) is 0 Å². The highest BCUT2D eigenvalue weighted by atomic mass is 32.1. The summed E-state index contributed by atoms with van der Waals surface area (Å²) in [7, 11) is 0. The minimum atomic E-state index is -4.36. The number of halogens is 3. The largest absolute Gasteiger partial charge is 0.419 e. The van der Waals surface area contributed by atoms with Crippen molar-refractivity contribution in [1.29, 1.82) is 0 Å². The van der Waals surface area contributed by atoms with Gasteiger partial charge in [-0.15, -0.1) is 0 Å². The molecule has 1 atom stereocenters. The fraction of sp³-hybridized carbons (Fsp3) is 0.500. The lowest BCUT2D eigenvalue weighted by Gasteiger charge is -2.10. The van der Waals surface area contributed by atoms with Gasteiger partial charge in [-0.05, 0) is 6.92 Å². The lowest BCUT2D eigenvalue weighted by atomic mass is 10.2. The lowest BCUT2D eigenvalue weighted by molar-refractivity contribution is -0.137. The van der Waals surface area contributed by atoms with Gasteiger partial charge >= 0.3 is 6.18 Å². The van der Waals surface area contributed by atoms with Gasteiger partial charge in [-0.3, -0.25) is 4.68 Å². The molecule has 0 aliphatic rings. The number of hydrogen-bond acceptors (Lipinski definition) is 2. The smallest absolute Gasteiger partial charge is 0.393 e. The van der Waals surface area contributed by atoms with Crippen LogP contribution < -0.4 is 5.73 Å². The van der Waals surface area contributed by atoms with Gasteiger partial charge in [0.25, 0.3) is 0 Å². The van der Waals surface area contributed by atoms with Crippen LogP contribution in [0, 0.1) is 0 Å². The first-order chi connectivity index (χ1) is 6.80. The van der Waals surface area contributed by atoms with Crippen LogP contribution in [0.2, 0.25) is 0 Å². The van der Waals surface area contributed by atoms with Gasteiger partial charge in [-0.25, -0.2) is 0 Å². The van der Waals surface area contributed by atoms with Crippen LogP contribution in [0.25, 0.3) is 0 Å². The van der Waals surface area contributed by atoms with Crippen LogP contribution >= 0.6 is 12.2 Å². The van der Waals surface area contributed by atoms with Crippen molar-refractivity contribution < 1.29 is 13.2 Å². The maximum atomic E-state index is 12.2. The Labute approximate surface area is 90.1 Å². The molecule has 0 aliphatic heterocycles. The monoisotopic (exact) mass is 237 g/mol. The lowest BCUT2D eigenvalue weighted by Crippen LogP contribution is -2.16. The van der Waals surface area contributed by atoms with E-state index < -0.39 is 11.7 Å². The average molecular weight is 237 g/mol. The van der Waals surface area contributed by atoms with Crippen LogP contribution in [-0.4, -0.2) is 14.8 Å². The van der Waals surface area contributed by atoms with Crippen LogP contribution in [0.3, 0.4) is 0 Å². The fourth-order valence-electron chi connectivity index (χ4n) is 1.11. The van der Waals surface area contributed by atoms with E-state index in [0.29, 0.717) is 6.42 Å². The highest BCUT2D eigenvalue weighted by molar-refractivity contribution is 7.80. The molecule has 84 valence electrons. The Hall–Kier alpha value is -1.11. The Balaban J connectivity index is 2.80. The van der Waals surface area contributed by atoms with Gasteiger partial charge in [-0.2, -0.15) is 18.3 Å². The number of hydrogen-bond donors (Lipinski definition) is 1. The first kappa shape index (κ1) is 12.0. The van der Waals surface area contributed by atoms with E-state index in [9.17, 15) is 13.2 Å². The average Bonchev–Trinajstić information content (AvgIpc) is 2.48. The summed E-state index contributed by atoms with van der Waals surface area (Å²) in [4.78, 5) is 0.256. The Kier molecular flexibility index (Phi) is 3.33. The highest BCUT2D eigenvalue weighted by Crippen LogP contribution is 2.29. The molecule has 0 aliphatic carbocycles. The van der Waals surface area contributed by atoms with Crippen molar-refractivity contribution in [1.82, 2.24) is 9.78 Å². The minimum Gasteiger partial charge on any atom is -0.393 e.